The standard InChI is InChI=1S/C24H36O4/c1-6-23(5)13-24(17-10-20(27)21(28-7-2)11-15(17)23)12-22(3,4)14-8-18(25)19(26)9-16(14)24/h8-9,18-21,25-27H,6-7,10-13H2,1-5H3. The maximum atomic E-state index is 10.9. The summed E-state index contributed by atoms with van der Waals surface area (Å²) in [5.74, 6) is 0. The zero-order valence-electron chi connectivity index (χ0n) is 18.0. The van der Waals surface area contributed by atoms with Crippen LogP contribution in [0.2, 0.25) is 0 Å². The highest BCUT2D eigenvalue weighted by molar-refractivity contribution is 5.58. The molecule has 4 aliphatic carbocycles. The van der Waals surface area contributed by atoms with Crippen molar-refractivity contribution < 1.29 is 20.1 Å². The Morgan fingerprint density at radius 3 is 2.18 bits per heavy atom. The van der Waals surface area contributed by atoms with E-state index in [4.69, 9.17) is 4.74 Å². The topological polar surface area (TPSA) is 69.9 Å². The summed E-state index contributed by atoms with van der Waals surface area (Å²) in [4.78, 5) is 0. The number of allylic oxidation sites excluding steroid dienone is 2. The Labute approximate surface area is 169 Å². The summed E-state index contributed by atoms with van der Waals surface area (Å²) in [6, 6.07) is 0. The van der Waals surface area contributed by atoms with Crippen molar-refractivity contribution in [3.63, 3.8) is 0 Å². The molecule has 1 fully saturated rings. The predicted octanol–water partition coefficient (Wildman–Crippen LogP) is 3.67. The lowest BCUT2D eigenvalue weighted by atomic mass is 9.69. The Balaban J connectivity index is 1.86. The summed E-state index contributed by atoms with van der Waals surface area (Å²) >= 11 is 0. The van der Waals surface area contributed by atoms with Gasteiger partial charge in [-0.1, -0.05) is 38.8 Å². The molecule has 0 aromatic carbocycles. The normalized spacial score (nSPS) is 44.4. The Hall–Kier alpha value is -0.940. The molecule has 0 heterocycles. The van der Waals surface area contributed by atoms with Crippen LogP contribution in [0.3, 0.4) is 0 Å². The van der Waals surface area contributed by atoms with Gasteiger partial charge in [-0.15, -0.1) is 0 Å². The molecule has 1 spiro atoms. The van der Waals surface area contributed by atoms with Crippen molar-refractivity contribution in [2.75, 3.05) is 6.61 Å². The summed E-state index contributed by atoms with van der Waals surface area (Å²) in [6.45, 7) is 11.7. The molecule has 6 atom stereocenters. The molecule has 0 amide bonds. The lowest BCUT2D eigenvalue weighted by Crippen LogP contribution is -2.36. The minimum Gasteiger partial charge on any atom is -0.390 e. The molecule has 0 bridgehead atoms. The molecule has 4 aliphatic rings. The summed E-state index contributed by atoms with van der Waals surface area (Å²) in [5, 5.41) is 31.6. The lowest BCUT2D eigenvalue weighted by Gasteiger charge is -2.37. The first-order valence-electron chi connectivity index (χ1n) is 10.9. The number of hydrogen-bond donors (Lipinski definition) is 3. The van der Waals surface area contributed by atoms with Crippen LogP contribution in [0.15, 0.2) is 34.4 Å². The summed E-state index contributed by atoms with van der Waals surface area (Å²) in [7, 11) is 0. The van der Waals surface area contributed by atoms with Gasteiger partial charge >= 0.3 is 0 Å². The monoisotopic (exact) mass is 388 g/mol. The number of rotatable bonds is 3. The molecule has 6 unspecified atom stereocenters. The van der Waals surface area contributed by atoms with Crippen LogP contribution in [-0.2, 0) is 4.74 Å². The van der Waals surface area contributed by atoms with Crippen molar-refractivity contribution in [3.05, 3.63) is 34.4 Å². The van der Waals surface area contributed by atoms with Crippen molar-refractivity contribution >= 4 is 0 Å². The van der Waals surface area contributed by atoms with Crippen LogP contribution in [-0.4, -0.2) is 46.3 Å². The SMILES string of the molecule is CCOC1CC2=C(CC1O)C1(CC(C)(C)C3=CC(O)C(O)C=C31)CC2(C)CC. The zero-order valence-corrected chi connectivity index (χ0v) is 18.0. The highest BCUT2D eigenvalue weighted by Crippen LogP contribution is 2.71. The molecule has 4 nitrogen and oxygen atoms in total. The van der Waals surface area contributed by atoms with E-state index in [2.05, 4.69) is 27.7 Å². The minimum atomic E-state index is -0.855. The second kappa shape index (κ2) is 6.53. The van der Waals surface area contributed by atoms with Gasteiger partial charge in [0.25, 0.3) is 0 Å². The average molecular weight is 389 g/mol. The maximum absolute atomic E-state index is 10.9. The quantitative estimate of drug-likeness (QED) is 0.645. The Bertz CT molecular complexity index is 761. The number of ether oxygens (including phenoxy) is 1. The van der Waals surface area contributed by atoms with Gasteiger partial charge < -0.3 is 20.1 Å². The fourth-order valence-corrected chi connectivity index (χ4v) is 6.72. The Kier molecular flexibility index (Phi) is 4.74. The first-order chi connectivity index (χ1) is 13.1. The van der Waals surface area contributed by atoms with Crippen molar-refractivity contribution in [1.82, 2.24) is 0 Å². The van der Waals surface area contributed by atoms with E-state index in [1.54, 1.807) is 0 Å². The molecule has 156 valence electrons. The molecule has 0 aromatic heterocycles. The first kappa shape index (κ1) is 20.3. The van der Waals surface area contributed by atoms with Crippen LogP contribution >= 0.6 is 0 Å². The fourth-order valence-electron chi connectivity index (χ4n) is 6.72. The molecular formula is C24H36O4. The number of hydrogen-bond acceptors (Lipinski definition) is 4. The molecule has 4 heteroatoms. The van der Waals surface area contributed by atoms with E-state index in [1.165, 1.54) is 22.3 Å². The van der Waals surface area contributed by atoms with Crippen LogP contribution in [0, 0.1) is 16.2 Å². The van der Waals surface area contributed by atoms with Crippen molar-refractivity contribution in [2.24, 2.45) is 16.2 Å². The van der Waals surface area contributed by atoms with Gasteiger partial charge in [-0.25, -0.2) is 0 Å². The van der Waals surface area contributed by atoms with Crippen molar-refractivity contribution in [3.8, 4) is 0 Å². The van der Waals surface area contributed by atoms with E-state index in [1.807, 2.05) is 19.1 Å². The number of fused-ring (bicyclic) bond motifs is 3. The van der Waals surface area contributed by atoms with Gasteiger partial charge in [0, 0.05) is 12.0 Å². The summed E-state index contributed by atoms with van der Waals surface area (Å²) in [5.41, 5.74) is 5.10. The molecule has 0 aliphatic heterocycles. The maximum Gasteiger partial charge on any atom is 0.102 e. The van der Waals surface area contributed by atoms with Crippen LogP contribution in [0.25, 0.3) is 0 Å². The third-order valence-electron chi connectivity index (χ3n) is 8.07. The smallest absolute Gasteiger partial charge is 0.102 e. The highest BCUT2D eigenvalue weighted by Gasteiger charge is 2.61. The van der Waals surface area contributed by atoms with Gasteiger partial charge in [0.05, 0.1) is 12.2 Å². The molecular weight excluding hydrogens is 352 g/mol. The second-order valence-electron chi connectivity index (χ2n) is 10.3. The summed E-state index contributed by atoms with van der Waals surface area (Å²) in [6.07, 6.45) is 5.98. The average Bonchev–Trinajstić information content (AvgIpc) is 2.98. The molecule has 0 radical (unpaired) electrons. The third-order valence-corrected chi connectivity index (χ3v) is 8.07. The molecule has 3 N–H and O–H groups in total. The third kappa shape index (κ3) is 2.72. The van der Waals surface area contributed by atoms with Crippen LogP contribution < -0.4 is 0 Å². The summed E-state index contributed by atoms with van der Waals surface area (Å²) < 4.78 is 5.89. The number of aliphatic hydroxyl groups is 3. The largest absolute Gasteiger partial charge is 0.390 e. The van der Waals surface area contributed by atoms with Crippen LogP contribution in [0.5, 0.6) is 0 Å². The molecule has 28 heavy (non-hydrogen) atoms. The van der Waals surface area contributed by atoms with E-state index in [9.17, 15) is 15.3 Å². The number of aliphatic hydroxyl groups excluding tert-OH is 3. The molecule has 4 rings (SSSR count). The highest BCUT2D eigenvalue weighted by atomic mass is 16.5. The van der Waals surface area contributed by atoms with Crippen molar-refractivity contribution in [1.29, 1.82) is 0 Å². The Morgan fingerprint density at radius 1 is 0.929 bits per heavy atom. The minimum absolute atomic E-state index is 0.0637. The van der Waals surface area contributed by atoms with E-state index in [0.717, 1.165) is 25.7 Å². The molecule has 0 saturated heterocycles. The fraction of sp³-hybridized carbons (Fsp3) is 0.750. The predicted molar refractivity (Wildman–Crippen MR) is 110 cm³/mol. The van der Waals surface area contributed by atoms with Crippen LogP contribution in [0.1, 0.15) is 66.7 Å². The van der Waals surface area contributed by atoms with E-state index in [0.29, 0.717) is 13.0 Å². The van der Waals surface area contributed by atoms with Gasteiger partial charge in [0.2, 0.25) is 0 Å². The van der Waals surface area contributed by atoms with E-state index in [-0.39, 0.29) is 22.3 Å². The van der Waals surface area contributed by atoms with Crippen molar-refractivity contribution in [2.45, 2.75) is 91.1 Å². The Morgan fingerprint density at radius 2 is 1.57 bits per heavy atom. The second-order valence-corrected chi connectivity index (χ2v) is 10.3. The van der Waals surface area contributed by atoms with Gasteiger partial charge in [-0.05, 0) is 73.2 Å². The van der Waals surface area contributed by atoms with Gasteiger partial charge in [-0.2, -0.15) is 0 Å². The lowest BCUT2D eigenvalue weighted by molar-refractivity contribution is -0.0388. The van der Waals surface area contributed by atoms with Gasteiger partial charge in [0.15, 0.2) is 0 Å². The van der Waals surface area contributed by atoms with E-state index >= 15 is 0 Å². The van der Waals surface area contributed by atoms with Gasteiger partial charge in [-0.3, -0.25) is 0 Å². The molecule has 1 saturated carbocycles. The first-order valence-corrected chi connectivity index (χ1v) is 10.9. The van der Waals surface area contributed by atoms with Gasteiger partial charge in [0.1, 0.15) is 12.2 Å². The van der Waals surface area contributed by atoms with E-state index < -0.39 is 18.3 Å². The zero-order chi connectivity index (χ0) is 20.5. The van der Waals surface area contributed by atoms with Crippen LogP contribution in [0.4, 0.5) is 0 Å². The molecule has 0 aromatic rings.